The van der Waals surface area contributed by atoms with Crippen LogP contribution in [0.4, 0.5) is 0 Å². The fraction of sp³-hybridized carbons (Fsp3) is 0.483. The number of aryl methyl sites for hydroxylation is 1. The van der Waals surface area contributed by atoms with Crippen molar-refractivity contribution in [3.8, 4) is 11.5 Å². The van der Waals surface area contributed by atoms with Gasteiger partial charge in [0, 0.05) is 48.6 Å². The van der Waals surface area contributed by atoms with Crippen LogP contribution in [0, 0.1) is 0 Å². The molecule has 190 valence electrons. The molecule has 0 aliphatic rings. The highest BCUT2D eigenvalue weighted by molar-refractivity contribution is 5.86. The predicted molar refractivity (Wildman–Crippen MR) is 144 cm³/mol. The smallest absolute Gasteiger partial charge is 0.221 e. The van der Waals surface area contributed by atoms with Crippen molar-refractivity contribution in [2.75, 3.05) is 33.9 Å². The van der Waals surface area contributed by atoms with Crippen molar-refractivity contribution >= 4 is 16.8 Å². The molecule has 6 heteroatoms. The van der Waals surface area contributed by atoms with E-state index in [9.17, 15) is 4.79 Å². The van der Waals surface area contributed by atoms with E-state index in [0.29, 0.717) is 6.42 Å². The number of carbonyl (C=O) groups is 1. The van der Waals surface area contributed by atoms with E-state index in [1.807, 2.05) is 37.4 Å². The molecule has 0 unspecified atom stereocenters. The third-order valence-electron chi connectivity index (χ3n) is 6.88. The normalized spacial score (nSPS) is 13.1. The first kappa shape index (κ1) is 26.6. The Bertz CT molecular complexity index is 1080. The second-order valence-corrected chi connectivity index (χ2v) is 9.25. The van der Waals surface area contributed by atoms with E-state index in [0.717, 1.165) is 66.0 Å². The molecule has 0 fully saturated rings. The Hall–Kier alpha value is -2.99. The molecule has 3 aromatic rings. The fourth-order valence-electron chi connectivity index (χ4n) is 4.84. The summed E-state index contributed by atoms with van der Waals surface area (Å²) in [5.41, 5.74) is 3.28. The van der Waals surface area contributed by atoms with E-state index in [1.54, 1.807) is 14.2 Å². The number of hydrogen-bond acceptors (Lipinski definition) is 4. The van der Waals surface area contributed by atoms with Crippen LogP contribution in [0.1, 0.15) is 57.1 Å². The number of carbonyl (C=O) groups excluding carboxylic acids is 1. The van der Waals surface area contributed by atoms with E-state index in [2.05, 4.69) is 53.9 Å². The summed E-state index contributed by atoms with van der Waals surface area (Å²) in [5.74, 6) is 1.36. The minimum Gasteiger partial charge on any atom is -0.497 e. The Labute approximate surface area is 210 Å². The summed E-state index contributed by atoms with van der Waals surface area (Å²) in [5, 5.41) is 4.40. The van der Waals surface area contributed by atoms with Crippen LogP contribution in [0.2, 0.25) is 0 Å². The molecule has 1 N–H and O–H groups in total. The van der Waals surface area contributed by atoms with Crippen molar-refractivity contribution in [3.63, 3.8) is 0 Å². The van der Waals surface area contributed by atoms with Gasteiger partial charge >= 0.3 is 0 Å². The van der Waals surface area contributed by atoms with Crippen LogP contribution >= 0.6 is 0 Å². The minimum absolute atomic E-state index is 0.0556. The van der Waals surface area contributed by atoms with Gasteiger partial charge in [0.25, 0.3) is 0 Å². The van der Waals surface area contributed by atoms with Crippen LogP contribution in [-0.2, 0) is 11.8 Å². The van der Waals surface area contributed by atoms with Gasteiger partial charge in [0.1, 0.15) is 11.5 Å². The summed E-state index contributed by atoms with van der Waals surface area (Å²) in [6, 6.07) is 14.3. The van der Waals surface area contributed by atoms with Gasteiger partial charge in [0.2, 0.25) is 5.91 Å². The van der Waals surface area contributed by atoms with Crippen LogP contribution in [0.5, 0.6) is 11.5 Å². The molecule has 0 saturated heterocycles. The number of hydrogen-bond donors (Lipinski definition) is 1. The minimum atomic E-state index is -0.132. The second kappa shape index (κ2) is 12.6. The standard InChI is InChI=1S/C29H41N3O3/c1-7-32(8-2)15-11-12-21(3)30-29(33)19-26(22-16-23(34-5)18-24(17-22)35-6)27-20-31(4)28-14-10-9-13-25(27)28/h9-10,13-14,16-18,20-21,26H,7-8,11-12,15,19H2,1-6H3,(H,30,33)/t21-,26+/m0/s1. The Morgan fingerprint density at radius 2 is 1.71 bits per heavy atom. The van der Waals surface area contributed by atoms with Crippen LogP contribution in [0.3, 0.4) is 0 Å². The molecule has 0 spiro atoms. The molecule has 0 saturated carbocycles. The first-order valence-electron chi connectivity index (χ1n) is 12.7. The summed E-state index contributed by atoms with van der Waals surface area (Å²) >= 11 is 0. The lowest BCUT2D eigenvalue weighted by atomic mass is 9.87. The number of aromatic nitrogens is 1. The zero-order valence-electron chi connectivity index (χ0n) is 22.1. The van der Waals surface area contributed by atoms with Crippen molar-refractivity contribution < 1.29 is 14.3 Å². The van der Waals surface area contributed by atoms with E-state index in [-0.39, 0.29) is 17.9 Å². The first-order valence-corrected chi connectivity index (χ1v) is 12.7. The summed E-state index contributed by atoms with van der Waals surface area (Å²) in [6.45, 7) is 9.67. The number of methoxy groups -OCH3 is 2. The average Bonchev–Trinajstić information content (AvgIpc) is 3.21. The van der Waals surface area contributed by atoms with Crippen LogP contribution in [-0.4, -0.2) is 55.3 Å². The molecular formula is C29H41N3O3. The molecule has 0 aliphatic heterocycles. The SMILES string of the molecule is CCN(CC)CCC[C@H](C)NC(=O)C[C@H](c1cc(OC)cc(OC)c1)c1cn(C)c2ccccc12. The molecule has 2 atom stereocenters. The maximum absolute atomic E-state index is 13.3. The van der Waals surface area contributed by atoms with Crippen molar-refractivity contribution in [1.29, 1.82) is 0 Å². The van der Waals surface area contributed by atoms with Crippen LogP contribution in [0.25, 0.3) is 10.9 Å². The molecule has 2 aromatic carbocycles. The van der Waals surface area contributed by atoms with Gasteiger partial charge in [-0.05, 0) is 68.7 Å². The maximum atomic E-state index is 13.3. The quantitative estimate of drug-likeness (QED) is 0.359. The Balaban J connectivity index is 1.85. The van der Waals surface area contributed by atoms with E-state index >= 15 is 0 Å². The van der Waals surface area contributed by atoms with Crippen LogP contribution in [0.15, 0.2) is 48.7 Å². The summed E-state index contributed by atoms with van der Waals surface area (Å²) in [6.07, 6.45) is 4.53. The number of amides is 1. The Morgan fingerprint density at radius 1 is 1.06 bits per heavy atom. The van der Waals surface area contributed by atoms with Gasteiger partial charge in [0.15, 0.2) is 0 Å². The molecule has 1 heterocycles. The number of para-hydroxylation sites is 1. The maximum Gasteiger partial charge on any atom is 0.221 e. The van der Waals surface area contributed by atoms with Crippen LogP contribution < -0.4 is 14.8 Å². The number of fused-ring (bicyclic) bond motifs is 1. The van der Waals surface area contributed by atoms with E-state index in [4.69, 9.17) is 9.47 Å². The number of rotatable bonds is 13. The highest BCUT2D eigenvalue weighted by Gasteiger charge is 2.24. The lowest BCUT2D eigenvalue weighted by Crippen LogP contribution is -2.34. The molecule has 3 rings (SSSR count). The van der Waals surface area contributed by atoms with E-state index < -0.39 is 0 Å². The summed E-state index contributed by atoms with van der Waals surface area (Å²) in [7, 11) is 5.35. The number of benzene rings is 2. The van der Waals surface area contributed by atoms with Gasteiger partial charge in [-0.2, -0.15) is 0 Å². The topological polar surface area (TPSA) is 55.7 Å². The average molecular weight is 480 g/mol. The lowest BCUT2D eigenvalue weighted by Gasteiger charge is -2.22. The monoisotopic (exact) mass is 479 g/mol. The third kappa shape index (κ3) is 6.79. The highest BCUT2D eigenvalue weighted by Crippen LogP contribution is 2.37. The van der Waals surface area contributed by atoms with Crippen molar-refractivity contribution in [2.45, 2.75) is 52.0 Å². The third-order valence-corrected chi connectivity index (χ3v) is 6.88. The molecule has 35 heavy (non-hydrogen) atoms. The van der Waals surface area contributed by atoms with Crippen molar-refractivity contribution in [2.24, 2.45) is 7.05 Å². The summed E-state index contributed by atoms with van der Waals surface area (Å²) < 4.78 is 13.2. The lowest BCUT2D eigenvalue weighted by molar-refractivity contribution is -0.121. The zero-order chi connectivity index (χ0) is 25.4. The molecule has 0 aliphatic carbocycles. The largest absolute Gasteiger partial charge is 0.497 e. The highest BCUT2D eigenvalue weighted by atomic mass is 16.5. The zero-order valence-corrected chi connectivity index (χ0v) is 22.1. The summed E-state index contributed by atoms with van der Waals surface area (Å²) in [4.78, 5) is 15.7. The molecular weight excluding hydrogens is 438 g/mol. The first-order chi connectivity index (χ1) is 16.9. The Kier molecular flexibility index (Phi) is 9.61. The van der Waals surface area contributed by atoms with Gasteiger partial charge in [-0.1, -0.05) is 32.0 Å². The van der Waals surface area contributed by atoms with Gasteiger partial charge in [-0.3, -0.25) is 4.79 Å². The number of nitrogens with zero attached hydrogens (tertiary/aromatic N) is 2. The second-order valence-electron chi connectivity index (χ2n) is 9.25. The molecule has 0 radical (unpaired) electrons. The number of nitrogens with one attached hydrogen (secondary N) is 1. The molecule has 0 bridgehead atoms. The van der Waals surface area contributed by atoms with Gasteiger partial charge in [-0.25, -0.2) is 0 Å². The Morgan fingerprint density at radius 3 is 2.34 bits per heavy atom. The molecule has 1 aromatic heterocycles. The van der Waals surface area contributed by atoms with Gasteiger partial charge in [0.05, 0.1) is 14.2 Å². The van der Waals surface area contributed by atoms with Gasteiger partial charge < -0.3 is 24.3 Å². The molecule has 6 nitrogen and oxygen atoms in total. The predicted octanol–water partition coefficient (Wildman–Crippen LogP) is 5.34. The number of ether oxygens (including phenoxy) is 2. The van der Waals surface area contributed by atoms with Gasteiger partial charge in [-0.15, -0.1) is 0 Å². The molecule has 1 amide bonds. The van der Waals surface area contributed by atoms with Crippen molar-refractivity contribution in [3.05, 3.63) is 59.8 Å². The van der Waals surface area contributed by atoms with Crippen molar-refractivity contribution in [1.82, 2.24) is 14.8 Å². The fourth-order valence-corrected chi connectivity index (χ4v) is 4.84. The van der Waals surface area contributed by atoms with E-state index in [1.165, 1.54) is 0 Å².